The molecule has 0 aliphatic carbocycles. The number of thiophene rings is 1. The highest BCUT2D eigenvalue weighted by molar-refractivity contribution is 7.10. The van der Waals surface area contributed by atoms with Crippen molar-refractivity contribution in [1.82, 2.24) is 0 Å². The molecule has 0 N–H and O–H groups in total. The topological polar surface area (TPSA) is 20.3 Å². The van der Waals surface area contributed by atoms with Gasteiger partial charge in [0.1, 0.15) is 0 Å². The molecule has 2 aromatic rings. The first kappa shape index (κ1) is 9.60. The first-order valence-electron chi connectivity index (χ1n) is 5.19. The lowest BCUT2D eigenvalue weighted by Crippen LogP contribution is -2.23. The lowest BCUT2D eigenvalue weighted by Gasteiger charge is -2.09. The number of nitrogens with zero attached hydrogens (tertiary/aromatic N) is 1. The van der Waals surface area contributed by atoms with Crippen molar-refractivity contribution in [2.75, 3.05) is 11.9 Å². The Kier molecular flexibility index (Phi) is 2.07. The summed E-state index contributed by atoms with van der Waals surface area (Å²) in [5, 5.41) is 2.02. The van der Waals surface area contributed by atoms with Gasteiger partial charge in [0.2, 0.25) is 5.91 Å². The molecule has 0 bridgehead atoms. The van der Waals surface area contributed by atoms with E-state index in [9.17, 15) is 4.79 Å². The number of fused-ring (bicyclic) bond motifs is 1. The van der Waals surface area contributed by atoms with Crippen LogP contribution in [-0.4, -0.2) is 13.0 Å². The van der Waals surface area contributed by atoms with E-state index in [1.54, 1.807) is 16.2 Å². The Morgan fingerprint density at radius 3 is 2.75 bits per heavy atom. The van der Waals surface area contributed by atoms with E-state index in [4.69, 9.17) is 0 Å². The van der Waals surface area contributed by atoms with E-state index in [2.05, 4.69) is 0 Å². The summed E-state index contributed by atoms with van der Waals surface area (Å²) in [6, 6.07) is 12.0. The normalized spacial score (nSPS) is 18.9. The minimum absolute atomic E-state index is 0.0961. The van der Waals surface area contributed by atoms with Crippen LogP contribution in [-0.2, 0) is 4.79 Å². The van der Waals surface area contributed by atoms with Crippen LogP contribution in [0.2, 0.25) is 0 Å². The van der Waals surface area contributed by atoms with Crippen molar-refractivity contribution in [2.24, 2.45) is 0 Å². The minimum atomic E-state index is -0.0961. The second-order valence-electron chi connectivity index (χ2n) is 3.90. The molecule has 0 fully saturated rings. The van der Waals surface area contributed by atoms with E-state index in [-0.39, 0.29) is 11.8 Å². The zero-order valence-electron chi connectivity index (χ0n) is 8.88. The van der Waals surface area contributed by atoms with Gasteiger partial charge in [0.15, 0.2) is 0 Å². The molecule has 0 spiro atoms. The summed E-state index contributed by atoms with van der Waals surface area (Å²) in [5.74, 6) is 0.0739. The van der Waals surface area contributed by atoms with Gasteiger partial charge in [-0.15, -0.1) is 11.3 Å². The van der Waals surface area contributed by atoms with Crippen LogP contribution in [0.4, 0.5) is 5.69 Å². The van der Waals surface area contributed by atoms with Gasteiger partial charge in [-0.2, -0.15) is 0 Å². The number of para-hydroxylation sites is 1. The summed E-state index contributed by atoms with van der Waals surface area (Å²) in [6.07, 6.45) is 0. The molecule has 2 heterocycles. The molecule has 3 heteroatoms. The largest absolute Gasteiger partial charge is 0.314 e. The number of hydrogen-bond donors (Lipinski definition) is 0. The minimum Gasteiger partial charge on any atom is -0.314 e. The lowest BCUT2D eigenvalue weighted by molar-refractivity contribution is -0.118. The monoisotopic (exact) mass is 229 g/mol. The summed E-state index contributed by atoms with van der Waals surface area (Å²) < 4.78 is 0. The van der Waals surface area contributed by atoms with Crippen LogP contribution in [0.1, 0.15) is 16.4 Å². The molecule has 1 amide bonds. The first-order valence-corrected chi connectivity index (χ1v) is 6.07. The van der Waals surface area contributed by atoms with E-state index >= 15 is 0 Å². The maximum absolute atomic E-state index is 12.2. The summed E-state index contributed by atoms with van der Waals surface area (Å²) >= 11 is 1.64. The third-order valence-corrected chi connectivity index (χ3v) is 3.95. The highest BCUT2D eigenvalue weighted by atomic mass is 32.1. The maximum Gasteiger partial charge on any atom is 0.239 e. The van der Waals surface area contributed by atoms with E-state index in [0.717, 1.165) is 16.1 Å². The summed E-state index contributed by atoms with van der Waals surface area (Å²) in [6.45, 7) is 0. The number of hydrogen-bond acceptors (Lipinski definition) is 2. The standard InChI is InChI=1S/C13H11NOS/c1-14-10-6-3-2-5-9(10)12(13(14)15)11-7-4-8-16-11/h2-8,12H,1H3. The van der Waals surface area contributed by atoms with Crippen molar-refractivity contribution in [2.45, 2.75) is 5.92 Å². The number of carbonyl (C=O) groups excluding carboxylic acids is 1. The molecule has 1 atom stereocenters. The number of rotatable bonds is 1. The first-order chi connectivity index (χ1) is 7.79. The van der Waals surface area contributed by atoms with Gasteiger partial charge in [-0.25, -0.2) is 0 Å². The number of anilines is 1. The molecule has 0 saturated heterocycles. The molecule has 1 aliphatic heterocycles. The number of amides is 1. The predicted octanol–water partition coefficient (Wildman–Crippen LogP) is 2.86. The molecule has 3 rings (SSSR count). The number of carbonyl (C=O) groups is 1. The fourth-order valence-corrected chi connectivity index (χ4v) is 3.05. The SMILES string of the molecule is CN1C(=O)C(c2cccs2)c2ccccc21. The van der Waals surface area contributed by atoms with Crippen molar-refractivity contribution in [1.29, 1.82) is 0 Å². The Morgan fingerprint density at radius 1 is 1.19 bits per heavy atom. The molecule has 80 valence electrons. The Hall–Kier alpha value is -1.61. The quantitative estimate of drug-likeness (QED) is 0.736. The second-order valence-corrected chi connectivity index (χ2v) is 4.88. The second kappa shape index (κ2) is 3.46. The number of benzene rings is 1. The summed E-state index contributed by atoms with van der Waals surface area (Å²) in [4.78, 5) is 15.1. The Labute approximate surface area is 98.1 Å². The maximum atomic E-state index is 12.2. The fourth-order valence-electron chi connectivity index (χ4n) is 2.21. The summed E-state index contributed by atoms with van der Waals surface area (Å²) in [7, 11) is 1.84. The van der Waals surface area contributed by atoms with Crippen LogP contribution in [0.15, 0.2) is 41.8 Å². The van der Waals surface area contributed by atoms with Gasteiger partial charge in [-0.3, -0.25) is 4.79 Å². The van der Waals surface area contributed by atoms with Crippen LogP contribution >= 0.6 is 11.3 Å². The van der Waals surface area contributed by atoms with Gasteiger partial charge in [0.05, 0.1) is 5.92 Å². The highest BCUT2D eigenvalue weighted by Crippen LogP contribution is 2.41. The van der Waals surface area contributed by atoms with Crippen LogP contribution in [0.5, 0.6) is 0 Å². The molecule has 16 heavy (non-hydrogen) atoms. The van der Waals surface area contributed by atoms with Crippen LogP contribution in [0.3, 0.4) is 0 Å². The van der Waals surface area contributed by atoms with Crippen molar-refractivity contribution < 1.29 is 4.79 Å². The Bertz CT molecular complexity index is 533. The molecule has 1 aliphatic rings. The molecule has 1 unspecified atom stereocenters. The van der Waals surface area contributed by atoms with E-state index in [1.165, 1.54) is 0 Å². The van der Waals surface area contributed by atoms with E-state index in [0.29, 0.717) is 0 Å². The average Bonchev–Trinajstić information content (AvgIpc) is 2.89. The highest BCUT2D eigenvalue weighted by Gasteiger charge is 2.36. The molecular weight excluding hydrogens is 218 g/mol. The van der Waals surface area contributed by atoms with Crippen molar-refractivity contribution in [3.05, 3.63) is 52.2 Å². The summed E-state index contributed by atoms with van der Waals surface area (Å²) in [5.41, 5.74) is 2.16. The third-order valence-electron chi connectivity index (χ3n) is 3.01. The molecule has 1 aromatic carbocycles. The zero-order valence-corrected chi connectivity index (χ0v) is 9.70. The van der Waals surface area contributed by atoms with Gasteiger partial charge >= 0.3 is 0 Å². The van der Waals surface area contributed by atoms with Gasteiger partial charge in [0, 0.05) is 17.6 Å². The van der Waals surface area contributed by atoms with Crippen molar-refractivity contribution >= 4 is 22.9 Å². The molecular formula is C13H11NOS. The molecule has 0 saturated carbocycles. The predicted molar refractivity (Wildman–Crippen MR) is 66.0 cm³/mol. The van der Waals surface area contributed by atoms with Crippen LogP contribution in [0.25, 0.3) is 0 Å². The zero-order chi connectivity index (χ0) is 11.1. The average molecular weight is 229 g/mol. The van der Waals surface area contributed by atoms with E-state index in [1.807, 2.05) is 48.8 Å². The van der Waals surface area contributed by atoms with Crippen LogP contribution in [0, 0.1) is 0 Å². The fraction of sp³-hybridized carbons (Fsp3) is 0.154. The number of likely N-dealkylation sites (N-methyl/N-ethyl adjacent to an activating group) is 1. The molecule has 1 aromatic heterocycles. The van der Waals surface area contributed by atoms with Crippen molar-refractivity contribution in [3.63, 3.8) is 0 Å². The third kappa shape index (κ3) is 1.21. The van der Waals surface area contributed by atoms with Gasteiger partial charge < -0.3 is 4.90 Å². The van der Waals surface area contributed by atoms with E-state index < -0.39 is 0 Å². The molecule has 0 radical (unpaired) electrons. The Balaban J connectivity index is 2.18. The van der Waals surface area contributed by atoms with Crippen LogP contribution < -0.4 is 4.90 Å². The van der Waals surface area contributed by atoms with Gasteiger partial charge in [-0.05, 0) is 23.1 Å². The van der Waals surface area contributed by atoms with Gasteiger partial charge in [0.25, 0.3) is 0 Å². The van der Waals surface area contributed by atoms with Crippen molar-refractivity contribution in [3.8, 4) is 0 Å². The lowest BCUT2D eigenvalue weighted by atomic mass is 9.99. The van der Waals surface area contributed by atoms with Gasteiger partial charge in [-0.1, -0.05) is 24.3 Å². The molecule has 2 nitrogen and oxygen atoms in total. The smallest absolute Gasteiger partial charge is 0.239 e. The Morgan fingerprint density at radius 2 is 2.00 bits per heavy atom.